The van der Waals surface area contributed by atoms with Gasteiger partial charge in [-0.1, -0.05) is 44.9 Å². The monoisotopic (exact) mass is 626 g/mol. The number of nitrogens with two attached hydrogens (primary N) is 2. The molecule has 4 N–H and O–H groups in total. The molecule has 0 aliphatic rings. The number of hydrogen-bond acceptors (Lipinski definition) is 7. The Labute approximate surface area is 258 Å². The van der Waals surface area contributed by atoms with Gasteiger partial charge in [0.25, 0.3) is 0 Å². The van der Waals surface area contributed by atoms with Gasteiger partial charge in [0.05, 0.1) is 27.7 Å². The highest BCUT2D eigenvalue weighted by Gasteiger charge is 2.20. The van der Waals surface area contributed by atoms with Crippen molar-refractivity contribution >= 4 is 45.4 Å². The Balaban J connectivity index is 0.000000612. The van der Waals surface area contributed by atoms with Crippen LogP contribution in [0.3, 0.4) is 0 Å². The molecule has 5 aromatic rings. The molecule has 5 rings (SSSR count). The minimum atomic E-state index is -0.323. The lowest BCUT2D eigenvalue weighted by atomic mass is 10.1. The van der Waals surface area contributed by atoms with Gasteiger partial charge in [0, 0.05) is 50.4 Å². The van der Waals surface area contributed by atoms with Crippen LogP contribution in [-0.2, 0) is 4.74 Å². The quantitative estimate of drug-likeness (QED) is 0.143. The number of thiophene rings is 3. The van der Waals surface area contributed by atoms with Crippen molar-refractivity contribution in [2.24, 2.45) is 0 Å². The lowest BCUT2D eigenvalue weighted by Gasteiger charge is -2.07. The first kappa shape index (κ1) is 31.7. The smallest absolute Gasteiger partial charge is 0.135 e. The maximum absolute atomic E-state index is 14.9. The summed E-state index contributed by atoms with van der Waals surface area (Å²) in [6, 6.07) is 19.4. The van der Waals surface area contributed by atoms with E-state index in [0.29, 0.717) is 34.9 Å². The molecule has 0 amide bonds. The number of benzene rings is 2. The highest BCUT2D eigenvalue weighted by molar-refractivity contribution is 7.28. The van der Waals surface area contributed by atoms with Gasteiger partial charge in [0.15, 0.2) is 0 Å². The standard InChI is InChI=1S/C28H24F2N2OS3.C5H12O/c1-2-3-14-33-16-8-9-18(20(30)15-16)22-11-13-24(35-22)28-26(32)25(31)27(36-28)23-12-10-21(34-23)17-6-4-5-7-19(17)29;1-3-4-5-6-2/h4-13,15H,2-3,14,31-32H2,1H3;3-5H2,1-2H3. The van der Waals surface area contributed by atoms with Gasteiger partial charge in [-0.15, -0.1) is 34.0 Å². The lowest BCUT2D eigenvalue weighted by Crippen LogP contribution is -1.97. The molecule has 0 fully saturated rings. The summed E-state index contributed by atoms with van der Waals surface area (Å²) in [4.78, 5) is 5.17. The Morgan fingerprint density at radius 3 is 1.71 bits per heavy atom. The van der Waals surface area contributed by atoms with E-state index in [1.165, 1.54) is 59.0 Å². The molecule has 3 heterocycles. The first-order chi connectivity index (χ1) is 20.4. The number of rotatable bonds is 11. The summed E-state index contributed by atoms with van der Waals surface area (Å²) in [6.45, 7) is 5.73. The molecule has 0 aliphatic carbocycles. The topological polar surface area (TPSA) is 70.5 Å². The highest BCUT2D eigenvalue weighted by Crippen LogP contribution is 2.51. The van der Waals surface area contributed by atoms with Crippen LogP contribution in [0.5, 0.6) is 5.75 Å². The van der Waals surface area contributed by atoms with Crippen LogP contribution in [0.25, 0.3) is 40.4 Å². The molecular weight excluding hydrogens is 591 g/mol. The molecule has 2 aromatic carbocycles. The molecule has 0 spiro atoms. The Morgan fingerprint density at radius 2 is 1.19 bits per heavy atom. The maximum Gasteiger partial charge on any atom is 0.135 e. The van der Waals surface area contributed by atoms with E-state index in [0.717, 1.165) is 48.7 Å². The Morgan fingerprint density at radius 1 is 0.643 bits per heavy atom. The SMILES string of the molecule is CCCCOC.CCCCOc1ccc(-c2ccc(-c3sc(-c4ccc(-c5ccccc5F)s4)c(N)c3N)s2)c(F)c1. The Bertz CT molecular complexity index is 1590. The van der Waals surface area contributed by atoms with E-state index in [-0.39, 0.29) is 11.6 Å². The average Bonchev–Trinajstić information content (AvgIpc) is 3.73. The maximum atomic E-state index is 14.9. The predicted octanol–water partition coefficient (Wildman–Crippen LogP) is 10.6. The van der Waals surface area contributed by atoms with Crippen molar-refractivity contribution in [3.8, 4) is 46.1 Å². The zero-order chi connectivity index (χ0) is 30.1. The molecular formula is C33H36F2N2O2S3. The first-order valence-electron chi connectivity index (χ1n) is 13.9. The van der Waals surface area contributed by atoms with E-state index >= 15 is 0 Å². The second-order valence-corrected chi connectivity index (χ2v) is 12.8. The van der Waals surface area contributed by atoms with Crippen LogP contribution in [0.15, 0.2) is 66.7 Å². The van der Waals surface area contributed by atoms with Crippen molar-refractivity contribution in [3.05, 3.63) is 78.4 Å². The lowest BCUT2D eigenvalue weighted by molar-refractivity contribution is 0.194. The van der Waals surface area contributed by atoms with Gasteiger partial charge >= 0.3 is 0 Å². The normalized spacial score (nSPS) is 10.9. The zero-order valence-electron chi connectivity index (χ0n) is 24.0. The number of nitrogen functional groups attached to an aromatic ring is 2. The molecule has 0 saturated carbocycles. The number of ether oxygens (including phenoxy) is 2. The average molecular weight is 627 g/mol. The van der Waals surface area contributed by atoms with E-state index in [9.17, 15) is 8.78 Å². The molecule has 9 heteroatoms. The van der Waals surface area contributed by atoms with Crippen molar-refractivity contribution in [2.45, 2.75) is 39.5 Å². The molecule has 42 heavy (non-hydrogen) atoms. The first-order valence-corrected chi connectivity index (χ1v) is 16.4. The van der Waals surface area contributed by atoms with Gasteiger partial charge in [0.2, 0.25) is 0 Å². The Hall–Kier alpha value is -3.24. The second kappa shape index (κ2) is 15.3. The largest absolute Gasteiger partial charge is 0.493 e. The van der Waals surface area contributed by atoms with E-state index in [1.807, 2.05) is 30.3 Å². The number of hydrogen-bond donors (Lipinski definition) is 2. The molecule has 3 aromatic heterocycles. The number of unbranched alkanes of at least 4 members (excludes halogenated alkanes) is 2. The molecule has 0 aliphatic heterocycles. The van der Waals surface area contributed by atoms with Crippen molar-refractivity contribution in [1.29, 1.82) is 0 Å². The van der Waals surface area contributed by atoms with Crippen molar-refractivity contribution in [2.75, 3.05) is 31.8 Å². The third kappa shape index (κ3) is 7.58. The number of halogens is 2. The molecule has 4 nitrogen and oxygen atoms in total. The summed E-state index contributed by atoms with van der Waals surface area (Å²) < 4.78 is 39.5. The van der Waals surface area contributed by atoms with Gasteiger partial charge in [-0.3, -0.25) is 0 Å². The van der Waals surface area contributed by atoms with Crippen LogP contribution in [0, 0.1) is 11.6 Å². The summed E-state index contributed by atoms with van der Waals surface area (Å²) in [7, 11) is 1.73. The van der Waals surface area contributed by atoms with Gasteiger partial charge in [-0.25, -0.2) is 8.78 Å². The predicted molar refractivity (Wildman–Crippen MR) is 178 cm³/mol. The van der Waals surface area contributed by atoms with E-state index in [4.69, 9.17) is 20.9 Å². The minimum absolute atomic E-state index is 0.260. The third-order valence-corrected chi connectivity index (χ3v) is 10.3. The molecule has 0 atom stereocenters. The molecule has 222 valence electrons. The molecule has 0 saturated heterocycles. The second-order valence-electron chi connectivity index (χ2n) is 9.59. The van der Waals surface area contributed by atoms with Gasteiger partial charge in [-0.05, 0) is 55.3 Å². The summed E-state index contributed by atoms with van der Waals surface area (Å²) in [6.07, 6.45) is 4.38. The highest BCUT2D eigenvalue weighted by atomic mass is 32.1. The zero-order valence-corrected chi connectivity index (χ0v) is 26.5. The number of anilines is 2. The van der Waals surface area contributed by atoms with E-state index in [2.05, 4.69) is 13.8 Å². The van der Waals surface area contributed by atoms with Crippen molar-refractivity contribution in [1.82, 2.24) is 0 Å². The number of methoxy groups -OCH3 is 1. The molecule has 0 radical (unpaired) electrons. The molecule has 0 unspecified atom stereocenters. The molecule has 0 bridgehead atoms. The summed E-state index contributed by atoms with van der Waals surface area (Å²) in [5.74, 6) is -0.0488. The van der Waals surface area contributed by atoms with Crippen LogP contribution in [0.1, 0.15) is 39.5 Å². The van der Waals surface area contributed by atoms with Crippen LogP contribution >= 0.6 is 34.0 Å². The van der Waals surface area contributed by atoms with Crippen LogP contribution in [-0.4, -0.2) is 20.3 Å². The van der Waals surface area contributed by atoms with Gasteiger partial charge in [0.1, 0.15) is 17.4 Å². The van der Waals surface area contributed by atoms with Gasteiger partial charge < -0.3 is 20.9 Å². The summed E-state index contributed by atoms with van der Waals surface area (Å²) in [5, 5.41) is 0. The third-order valence-electron chi connectivity index (χ3n) is 6.46. The van der Waals surface area contributed by atoms with E-state index in [1.54, 1.807) is 31.4 Å². The van der Waals surface area contributed by atoms with Crippen LogP contribution < -0.4 is 16.2 Å². The van der Waals surface area contributed by atoms with Crippen LogP contribution in [0.4, 0.5) is 20.2 Å². The Kier molecular flexibility index (Phi) is 11.5. The summed E-state index contributed by atoms with van der Waals surface area (Å²) in [5.41, 5.74) is 14.9. The minimum Gasteiger partial charge on any atom is -0.493 e. The summed E-state index contributed by atoms with van der Waals surface area (Å²) >= 11 is 4.43. The van der Waals surface area contributed by atoms with Crippen LogP contribution in [0.2, 0.25) is 0 Å². The van der Waals surface area contributed by atoms with Gasteiger partial charge in [-0.2, -0.15) is 0 Å². The fourth-order valence-corrected chi connectivity index (χ4v) is 7.56. The van der Waals surface area contributed by atoms with Crippen molar-refractivity contribution in [3.63, 3.8) is 0 Å². The fourth-order valence-electron chi connectivity index (χ4n) is 4.10. The fraction of sp³-hybridized carbons (Fsp3) is 0.273. The van der Waals surface area contributed by atoms with E-state index < -0.39 is 0 Å². The van der Waals surface area contributed by atoms with Crippen molar-refractivity contribution < 1.29 is 18.3 Å².